The van der Waals surface area contributed by atoms with Gasteiger partial charge in [-0.25, -0.2) is 9.18 Å². The molecule has 1 unspecified atom stereocenters. The van der Waals surface area contributed by atoms with Crippen molar-refractivity contribution in [3.05, 3.63) is 46.8 Å². The number of carbonyl (C=O) groups excluding carboxylic acids is 1. The number of fused-ring (bicyclic) bond motifs is 1. The number of ketones is 1. The molecule has 2 aliphatic heterocycles. The van der Waals surface area contributed by atoms with Crippen LogP contribution < -0.4 is 19.1 Å². The molecule has 0 radical (unpaired) electrons. The van der Waals surface area contributed by atoms with Crippen molar-refractivity contribution in [2.45, 2.75) is 19.1 Å². The largest absolute Gasteiger partial charge is 0.493 e. The first-order valence-corrected chi connectivity index (χ1v) is 11.0. The number of aliphatic carboxylic acids is 1. The standard InChI is InChI=1S/C24H26FN3O7.BrH/c1-33-19-8-14-9-28(24(26)21(14)22(25)23(19)34-2)11-17(30)13-3-4-18(35-12-20(31)32)16(7-13)27-6-5-15(29)10-27;/h3-4,7-8,15,26,29H,5-6,9-12H2,1-2H3,(H,31,32);1H. The molecule has 1 fully saturated rings. The number of hydrogen-bond acceptors (Lipinski definition) is 8. The van der Waals surface area contributed by atoms with Crippen molar-refractivity contribution < 1.29 is 38.4 Å². The van der Waals surface area contributed by atoms with Crippen LogP contribution in [0.2, 0.25) is 0 Å². The summed E-state index contributed by atoms with van der Waals surface area (Å²) in [5.74, 6) is -1.89. The number of β-amino-alcohol motifs (C(OH)–C–C–N with tert-alkyl or cyclic N) is 1. The highest BCUT2D eigenvalue weighted by atomic mass is 79.9. The van der Waals surface area contributed by atoms with Crippen LogP contribution in [0.1, 0.15) is 27.9 Å². The zero-order valence-electron chi connectivity index (χ0n) is 19.7. The number of nitrogens with zero attached hydrogens (tertiary/aromatic N) is 2. The van der Waals surface area contributed by atoms with Gasteiger partial charge in [0.25, 0.3) is 0 Å². The summed E-state index contributed by atoms with van der Waals surface area (Å²) in [5.41, 5.74) is 1.42. The van der Waals surface area contributed by atoms with Crippen LogP contribution in [0, 0.1) is 11.2 Å². The van der Waals surface area contributed by atoms with Crippen molar-refractivity contribution in [1.29, 1.82) is 5.41 Å². The van der Waals surface area contributed by atoms with E-state index in [0.29, 0.717) is 42.1 Å². The number of Topliss-reactive ketones (excluding diaryl/α,β-unsaturated/α-hetero) is 1. The molecule has 2 aromatic carbocycles. The molecule has 0 aromatic heterocycles. The van der Waals surface area contributed by atoms with Gasteiger partial charge in [0.1, 0.15) is 11.6 Å². The summed E-state index contributed by atoms with van der Waals surface area (Å²) >= 11 is 0. The first-order chi connectivity index (χ1) is 16.7. The average Bonchev–Trinajstić information content (AvgIpc) is 3.40. The Morgan fingerprint density at radius 3 is 2.56 bits per heavy atom. The molecule has 0 saturated carbocycles. The molecule has 2 heterocycles. The second-order valence-electron chi connectivity index (χ2n) is 8.34. The zero-order chi connectivity index (χ0) is 25.3. The van der Waals surface area contributed by atoms with E-state index in [2.05, 4.69) is 0 Å². The van der Waals surface area contributed by atoms with E-state index >= 15 is 0 Å². The molecular weight excluding hydrogens is 541 g/mol. The molecule has 1 atom stereocenters. The van der Waals surface area contributed by atoms with Crippen molar-refractivity contribution in [2.24, 2.45) is 0 Å². The van der Waals surface area contributed by atoms with Crippen LogP contribution in [0.25, 0.3) is 0 Å². The number of rotatable bonds is 9. The number of hydrogen-bond donors (Lipinski definition) is 3. The summed E-state index contributed by atoms with van der Waals surface area (Å²) in [5, 5.41) is 27.3. The van der Waals surface area contributed by atoms with E-state index in [9.17, 15) is 19.1 Å². The fraction of sp³-hybridized carbons (Fsp3) is 0.375. The monoisotopic (exact) mass is 567 g/mol. The molecule has 1 saturated heterocycles. The third-order valence-electron chi connectivity index (χ3n) is 6.08. The van der Waals surface area contributed by atoms with Gasteiger partial charge in [-0.3, -0.25) is 10.2 Å². The number of anilines is 1. The van der Waals surface area contributed by atoms with E-state index in [1.54, 1.807) is 12.1 Å². The van der Waals surface area contributed by atoms with Crippen molar-refractivity contribution in [3.8, 4) is 17.2 Å². The topological polar surface area (TPSA) is 133 Å². The summed E-state index contributed by atoms with van der Waals surface area (Å²) in [6, 6.07) is 6.24. The number of aliphatic hydroxyl groups excluding tert-OH is 1. The van der Waals surface area contributed by atoms with Gasteiger partial charge in [0.15, 0.2) is 29.7 Å². The second kappa shape index (κ2) is 11.1. The van der Waals surface area contributed by atoms with Gasteiger partial charge in [0, 0.05) is 25.2 Å². The van der Waals surface area contributed by atoms with Crippen LogP contribution in [-0.4, -0.2) is 79.3 Å². The molecule has 36 heavy (non-hydrogen) atoms. The molecule has 3 N–H and O–H groups in total. The maximum atomic E-state index is 15.0. The maximum absolute atomic E-state index is 15.0. The highest BCUT2D eigenvalue weighted by Gasteiger charge is 2.33. The molecule has 0 bridgehead atoms. The summed E-state index contributed by atoms with van der Waals surface area (Å²) in [6.07, 6.45) is 0.00671. The highest BCUT2D eigenvalue weighted by Crippen LogP contribution is 2.38. The minimum Gasteiger partial charge on any atom is -0.493 e. The molecular formula is C24H27BrFN3O7. The normalized spacial score (nSPS) is 16.4. The van der Waals surface area contributed by atoms with Crippen LogP contribution in [0.15, 0.2) is 24.3 Å². The van der Waals surface area contributed by atoms with Gasteiger partial charge in [-0.2, -0.15) is 0 Å². The predicted molar refractivity (Wildman–Crippen MR) is 134 cm³/mol. The molecule has 0 amide bonds. The number of nitrogens with one attached hydrogen (secondary N) is 1. The Labute approximate surface area is 217 Å². The number of amidine groups is 1. The minimum absolute atomic E-state index is 0. The molecule has 2 aliphatic rings. The Morgan fingerprint density at radius 1 is 1.19 bits per heavy atom. The Morgan fingerprint density at radius 2 is 1.94 bits per heavy atom. The van der Waals surface area contributed by atoms with Crippen molar-refractivity contribution >= 4 is 40.3 Å². The van der Waals surface area contributed by atoms with E-state index in [1.165, 1.54) is 31.3 Å². The summed E-state index contributed by atoms with van der Waals surface area (Å²) in [4.78, 5) is 27.4. The third kappa shape index (κ3) is 5.24. The molecule has 0 aliphatic carbocycles. The van der Waals surface area contributed by atoms with Crippen molar-refractivity contribution in [1.82, 2.24) is 4.90 Å². The third-order valence-corrected chi connectivity index (χ3v) is 6.08. The lowest BCUT2D eigenvalue weighted by molar-refractivity contribution is -0.139. The predicted octanol–water partition coefficient (Wildman–Crippen LogP) is 2.48. The highest BCUT2D eigenvalue weighted by molar-refractivity contribution is 8.93. The molecule has 0 spiro atoms. The quantitative estimate of drug-likeness (QED) is 0.391. The van der Waals surface area contributed by atoms with Gasteiger partial charge in [-0.1, -0.05) is 0 Å². The smallest absolute Gasteiger partial charge is 0.341 e. The lowest BCUT2D eigenvalue weighted by Crippen LogP contribution is -2.30. The van der Waals surface area contributed by atoms with Gasteiger partial charge in [-0.15, -0.1) is 17.0 Å². The number of carboxylic acid groups (broad SMARTS) is 1. The lowest BCUT2D eigenvalue weighted by atomic mass is 10.1. The fourth-order valence-corrected chi connectivity index (χ4v) is 4.38. The van der Waals surface area contributed by atoms with Gasteiger partial charge < -0.3 is 34.2 Å². The summed E-state index contributed by atoms with van der Waals surface area (Å²) in [6.45, 7) is 0.295. The number of benzene rings is 2. The number of ether oxygens (including phenoxy) is 3. The maximum Gasteiger partial charge on any atom is 0.341 e. The molecule has 194 valence electrons. The van der Waals surface area contributed by atoms with Crippen molar-refractivity contribution in [3.63, 3.8) is 0 Å². The number of aliphatic hydroxyl groups is 1. The first-order valence-electron chi connectivity index (χ1n) is 11.0. The molecule has 4 rings (SSSR count). The number of methoxy groups -OCH3 is 2. The number of carboxylic acids is 1. The van der Waals surface area contributed by atoms with Crippen LogP contribution in [0.5, 0.6) is 17.2 Å². The minimum atomic E-state index is -1.13. The molecule has 2 aromatic rings. The van der Waals surface area contributed by atoms with Gasteiger partial charge in [-0.05, 0) is 36.2 Å². The summed E-state index contributed by atoms with van der Waals surface area (Å²) < 4.78 is 30.7. The van der Waals surface area contributed by atoms with E-state index < -0.39 is 24.5 Å². The van der Waals surface area contributed by atoms with E-state index in [4.69, 9.17) is 24.7 Å². The average molecular weight is 568 g/mol. The Bertz CT molecular complexity index is 1190. The van der Waals surface area contributed by atoms with Gasteiger partial charge in [0.05, 0.1) is 38.1 Å². The fourth-order valence-electron chi connectivity index (χ4n) is 4.38. The molecule has 10 nitrogen and oxygen atoms in total. The number of carbonyl (C=O) groups is 2. The van der Waals surface area contributed by atoms with Gasteiger partial charge in [0.2, 0.25) is 0 Å². The van der Waals surface area contributed by atoms with E-state index in [0.717, 1.165) is 0 Å². The Kier molecular flexibility index (Phi) is 8.41. The Hall–Kier alpha value is -3.38. The van der Waals surface area contributed by atoms with Crippen LogP contribution >= 0.6 is 17.0 Å². The van der Waals surface area contributed by atoms with Crippen LogP contribution in [0.3, 0.4) is 0 Å². The summed E-state index contributed by atoms with van der Waals surface area (Å²) in [7, 11) is 2.71. The lowest BCUT2D eigenvalue weighted by Gasteiger charge is -2.22. The van der Waals surface area contributed by atoms with Gasteiger partial charge >= 0.3 is 5.97 Å². The number of halogens is 2. The zero-order valence-corrected chi connectivity index (χ0v) is 21.5. The SMILES string of the molecule is Br.COc1cc2c(c(F)c1OC)C(=N)N(CC(=O)c1ccc(OCC(=O)O)c(N3CCC(O)C3)c1)C2. The van der Waals surface area contributed by atoms with Crippen LogP contribution in [0.4, 0.5) is 10.1 Å². The van der Waals surface area contributed by atoms with E-state index in [-0.39, 0.29) is 58.8 Å². The van der Waals surface area contributed by atoms with E-state index in [1.807, 2.05) is 4.90 Å². The van der Waals surface area contributed by atoms with Crippen LogP contribution in [-0.2, 0) is 11.3 Å². The Balaban J connectivity index is 0.00000361. The van der Waals surface area contributed by atoms with Crippen molar-refractivity contribution in [2.75, 3.05) is 45.4 Å². The second-order valence-corrected chi connectivity index (χ2v) is 8.34. The molecule has 12 heteroatoms. The first kappa shape index (κ1) is 27.2.